The van der Waals surface area contributed by atoms with Crippen molar-refractivity contribution in [2.75, 3.05) is 27.3 Å². The molecule has 19 heavy (non-hydrogen) atoms. The van der Waals surface area contributed by atoms with E-state index < -0.39 is 0 Å². The van der Waals surface area contributed by atoms with Crippen LogP contribution in [0.4, 0.5) is 0 Å². The Morgan fingerprint density at radius 1 is 1.37 bits per heavy atom. The number of halogens is 1. The lowest BCUT2D eigenvalue weighted by Gasteiger charge is -2.13. The Bertz CT molecular complexity index is 413. The smallest absolute Gasteiger partial charge is 0.255 e. The molecular weight excluding hydrogens is 268 g/mol. The molecule has 1 rings (SSSR count). The van der Waals surface area contributed by atoms with Gasteiger partial charge in [0, 0.05) is 12.6 Å². The lowest BCUT2D eigenvalue weighted by atomic mass is 10.1. The fourth-order valence-corrected chi connectivity index (χ4v) is 1.43. The van der Waals surface area contributed by atoms with Crippen LogP contribution in [0.3, 0.4) is 0 Å². The molecule has 0 aliphatic heterocycles. The Balaban J connectivity index is 0.00000324. The maximum atomic E-state index is 12.0. The third-order valence-electron chi connectivity index (χ3n) is 2.67. The summed E-state index contributed by atoms with van der Waals surface area (Å²) in [6.45, 7) is 3.07. The van der Waals surface area contributed by atoms with Gasteiger partial charge >= 0.3 is 0 Å². The van der Waals surface area contributed by atoms with Gasteiger partial charge in [0.1, 0.15) is 11.5 Å². The third-order valence-corrected chi connectivity index (χ3v) is 2.67. The molecule has 0 saturated carbocycles. The summed E-state index contributed by atoms with van der Waals surface area (Å²) in [4.78, 5) is 12.0. The van der Waals surface area contributed by atoms with Crippen LogP contribution in [-0.4, -0.2) is 33.2 Å². The van der Waals surface area contributed by atoms with Gasteiger partial charge in [-0.3, -0.25) is 4.79 Å². The van der Waals surface area contributed by atoms with Crippen molar-refractivity contribution in [2.24, 2.45) is 11.7 Å². The van der Waals surface area contributed by atoms with Gasteiger partial charge in [0.05, 0.1) is 19.8 Å². The summed E-state index contributed by atoms with van der Waals surface area (Å²) in [6, 6.07) is 5.09. The van der Waals surface area contributed by atoms with Gasteiger partial charge in [-0.05, 0) is 24.6 Å². The summed E-state index contributed by atoms with van der Waals surface area (Å²) < 4.78 is 10.3. The molecule has 0 bridgehead atoms. The molecule has 108 valence electrons. The minimum absolute atomic E-state index is 0. The average molecular weight is 289 g/mol. The number of ether oxygens (including phenoxy) is 2. The maximum Gasteiger partial charge on any atom is 0.255 e. The van der Waals surface area contributed by atoms with Gasteiger partial charge in [-0.25, -0.2) is 0 Å². The van der Waals surface area contributed by atoms with Crippen LogP contribution in [0.1, 0.15) is 17.3 Å². The Morgan fingerprint density at radius 2 is 2.05 bits per heavy atom. The van der Waals surface area contributed by atoms with Gasteiger partial charge in [0.25, 0.3) is 5.91 Å². The molecule has 0 aliphatic rings. The molecule has 1 amide bonds. The number of amides is 1. The van der Waals surface area contributed by atoms with Crippen LogP contribution in [0.15, 0.2) is 18.2 Å². The zero-order chi connectivity index (χ0) is 13.5. The molecular formula is C13H21ClN2O3. The largest absolute Gasteiger partial charge is 0.497 e. The average Bonchev–Trinajstić information content (AvgIpc) is 2.43. The molecule has 0 aromatic heterocycles. The highest BCUT2D eigenvalue weighted by atomic mass is 35.5. The van der Waals surface area contributed by atoms with E-state index in [-0.39, 0.29) is 24.2 Å². The van der Waals surface area contributed by atoms with Gasteiger partial charge in [-0.1, -0.05) is 6.92 Å². The van der Waals surface area contributed by atoms with Gasteiger partial charge < -0.3 is 20.5 Å². The topological polar surface area (TPSA) is 73.6 Å². The van der Waals surface area contributed by atoms with E-state index in [4.69, 9.17) is 15.2 Å². The van der Waals surface area contributed by atoms with Crippen molar-refractivity contribution in [3.8, 4) is 11.5 Å². The standard InChI is InChI=1S/C13H20N2O3.ClH/c1-9(7-14)8-15-13(16)11-5-4-10(17-2)6-12(11)18-3;/h4-6,9H,7-8,14H2,1-3H3,(H,15,16);1H. The molecule has 1 aromatic carbocycles. The summed E-state index contributed by atoms with van der Waals surface area (Å²) in [6.07, 6.45) is 0. The number of carbonyl (C=O) groups excluding carboxylic acids is 1. The Kier molecular flexibility index (Phi) is 7.95. The number of benzene rings is 1. The van der Waals surface area contributed by atoms with Gasteiger partial charge in [-0.2, -0.15) is 0 Å². The van der Waals surface area contributed by atoms with Gasteiger partial charge in [0.2, 0.25) is 0 Å². The normalized spacial score (nSPS) is 11.2. The molecule has 0 heterocycles. The van der Waals surface area contributed by atoms with Crippen LogP contribution in [0.25, 0.3) is 0 Å². The van der Waals surface area contributed by atoms with E-state index in [2.05, 4.69) is 5.32 Å². The molecule has 0 spiro atoms. The quantitative estimate of drug-likeness (QED) is 0.831. The molecule has 3 N–H and O–H groups in total. The predicted molar refractivity (Wildman–Crippen MR) is 77.3 cm³/mol. The SMILES string of the molecule is COc1ccc(C(=O)NCC(C)CN)c(OC)c1.Cl. The summed E-state index contributed by atoms with van der Waals surface area (Å²) in [7, 11) is 3.09. The zero-order valence-electron chi connectivity index (χ0n) is 11.4. The second kappa shape index (κ2) is 8.61. The molecule has 6 heteroatoms. The number of methoxy groups -OCH3 is 2. The van der Waals surface area contributed by atoms with Crippen LogP contribution in [0.5, 0.6) is 11.5 Å². The van der Waals surface area contributed by atoms with Crippen LogP contribution in [0, 0.1) is 5.92 Å². The number of nitrogens with two attached hydrogens (primary N) is 1. The minimum Gasteiger partial charge on any atom is -0.497 e. The van der Waals surface area contributed by atoms with E-state index in [1.807, 2.05) is 6.92 Å². The minimum atomic E-state index is -0.171. The molecule has 0 aliphatic carbocycles. The van der Waals surface area contributed by atoms with Crippen LogP contribution < -0.4 is 20.5 Å². The Hall–Kier alpha value is -1.46. The number of carbonyl (C=O) groups is 1. The van der Waals surface area contributed by atoms with Crippen molar-refractivity contribution in [3.05, 3.63) is 23.8 Å². The summed E-state index contributed by atoms with van der Waals surface area (Å²) in [5.74, 6) is 1.22. The first kappa shape index (κ1) is 17.5. The second-order valence-corrected chi connectivity index (χ2v) is 4.12. The first-order valence-corrected chi connectivity index (χ1v) is 5.82. The van der Waals surface area contributed by atoms with Gasteiger partial charge in [-0.15, -0.1) is 12.4 Å². The van der Waals surface area contributed by atoms with Crippen molar-refractivity contribution in [1.29, 1.82) is 0 Å². The number of nitrogens with one attached hydrogen (secondary N) is 1. The third kappa shape index (κ3) is 4.96. The summed E-state index contributed by atoms with van der Waals surface area (Å²) in [5, 5.41) is 2.82. The number of hydrogen-bond acceptors (Lipinski definition) is 4. The summed E-state index contributed by atoms with van der Waals surface area (Å²) >= 11 is 0. The van der Waals surface area contributed by atoms with E-state index >= 15 is 0 Å². The van der Waals surface area contributed by atoms with E-state index in [0.29, 0.717) is 30.2 Å². The second-order valence-electron chi connectivity index (χ2n) is 4.12. The van der Waals surface area contributed by atoms with Crippen LogP contribution in [-0.2, 0) is 0 Å². The maximum absolute atomic E-state index is 12.0. The van der Waals surface area contributed by atoms with E-state index in [1.165, 1.54) is 7.11 Å². The van der Waals surface area contributed by atoms with E-state index in [1.54, 1.807) is 25.3 Å². The monoisotopic (exact) mass is 288 g/mol. The molecule has 5 nitrogen and oxygen atoms in total. The molecule has 0 saturated heterocycles. The highest BCUT2D eigenvalue weighted by Gasteiger charge is 2.13. The number of rotatable bonds is 6. The van der Waals surface area contributed by atoms with E-state index in [0.717, 1.165) is 0 Å². The lowest BCUT2D eigenvalue weighted by molar-refractivity contribution is 0.0945. The fourth-order valence-electron chi connectivity index (χ4n) is 1.43. The highest BCUT2D eigenvalue weighted by Crippen LogP contribution is 2.24. The Morgan fingerprint density at radius 3 is 2.58 bits per heavy atom. The highest BCUT2D eigenvalue weighted by molar-refractivity contribution is 5.97. The predicted octanol–water partition coefficient (Wildman–Crippen LogP) is 1.45. The fraction of sp³-hybridized carbons (Fsp3) is 0.462. The van der Waals surface area contributed by atoms with Crippen molar-refractivity contribution in [2.45, 2.75) is 6.92 Å². The number of hydrogen-bond donors (Lipinski definition) is 2. The van der Waals surface area contributed by atoms with Crippen molar-refractivity contribution in [3.63, 3.8) is 0 Å². The molecule has 1 atom stereocenters. The van der Waals surface area contributed by atoms with Crippen molar-refractivity contribution < 1.29 is 14.3 Å². The lowest BCUT2D eigenvalue weighted by Crippen LogP contribution is -2.31. The Labute approximate surface area is 119 Å². The molecule has 0 radical (unpaired) electrons. The first-order chi connectivity index (χ1) is 8.62. The van der Waals surface area contributed by atoms with Gasteiger partial charge in [0.15, 0.2) is 0 Å². The zero-order valence-corrected chi connectivity index (χ0v) is 12.3. The van der Waals surface area contributed by atoms with Crippen LogP contribution >= 0.6 is 12.4 Å². The van der Waals surface area contributed by atoms with Crippen LogP contribution in [0.2, 0.25) is 0 Å². The van der Waals surface area contributed by atoms with Crippen molar-refractivity contribution in [1.82, 2.24) is 5.32 Å². The van der Waals surface area contributed by atoms with Crippen molar-refractivity contribution >= 4 is 18.3 Å². The summed E-state index contributed by atoms with van der Waals surface area (Å²) in [5.41, 5.74) is 5.99. The first-order valence-electron chi connectivity index (χ1n) is 5.82. The molecule has 1 unspecified atom stereocenters. The molecule has 1 aromatic rings. The molecule has 0 fully saturated rings. The van der Waals surface area contributed by atoms with E-state index in [9.17, 15) is 4.79 Å².